The maximum absolute atomic E-state index is 7.66. The molecule has 16 nitrogen and oxygen atoms in total. The molecule has 4 saturated heterocycles. The van der Waals surface area contributed by atoms with Crippen molar-refractivity contribution in [3.8, 4) is 0 Å². The Morgan fingerprint density at radius 1 is 0.737 bits per heavy atom. The molecule has 4 heterocycles. The SMILES string of the molecule is CC[SiH](C)O[SiH](CC)O[SiH](CC)[SiH]1O[SiH](C)O[Si]2(CC)O[Si](C)(O[SiH](C)CC)O[SiH]3O[Si](C)(O[SiH]3C)O[Si](O[SiH](O[Si]3(C)CCC[SiH](OC)O3)[Si](C)(C)CC)(O1)O2. The van der Waals surface area contributed by atoms with Gasteiger partial charge in [-0.1, -0.05) is 60.7 Å². The van der Waals surface area contributed by atoms with Crippen molar-refractivity contribution in [3.63, 3.8) is 0 Å². The highest BCUT2D eigenvalue weighted by Gasteiger charge is 2.70. The summed E-state index contributed by atoms with van der Waals surface area (Å²) < 4.78 is 113. The first-order valence-electron chi connectivity index (χ1n) is 21.4. The Bertz CT molecular complexity index is 1270. The first-order valence-corrected chi connectivity index (χ1v) is 58.5. The van der Waals surface area contributed by atoms with Crippen LogP contribution in [0.2, 0.25) is 107 Å². The van der Waals surface area contributed by atoms with E-state index in [1.807, 2.05) is 26.6 Å². The lowest BCUT2D eigenvalue weighted by Crippen LogP contribution is -2.75. The number of fused-ring (bicyclic) bond motifs is 4. The summed E-state index contributed by atoms with van der Waals surface area (Å²) in [7, 11) is -39.8. The zero-order chi connectivity index (χ0) is 42.5. The summed E-state index contributed by atoms with van der Waals surface area (Å²) in [6, 6.07) is 6.83. The highest BCUT2D eigenvalue weighted by Crippen LogP contribution is 2.40. The number of hydrogen-bond acceptors (Lipinski definition) is 16. The number of rotatable bonds is 19. The first kappa shape index (κ1) is 52.5. The minimum absolute atomic E-state index is 0.420. The van der Waals surface area contributed by atoms with Crippen molar-refractivity contribution < 1.29 is 66.2 Å². The topological polar surface area (TPSA) is 148 Å². The van der Waals surface area contributed by atoms with Gasteiger partial charge >= 0.3 is 80.2 Å². The van der Waals surface area contributed by atoms with Gasteiger partial charge in [0.2, 0.25) is 17.1 Å². The predicted octanol–water partition coefficient (Wildman–Crippen LogP) is 2.71. The van der Waals surface area contributed by atoms with Crippen molar-refractivity contribution in [1.82, 2.24) is 0 Å². The van der Waals surface area contributed by atoms with Crippen LogP contribution < -0.4 is 0 Å². The second-order valence-corrected chi connectivity index (χ2v) is 74.3. The lowest BCUT2D eigenvalue weighted by molar-refractivity contribution is 0.0573. The van der Waals surface area contributed by atoms with Crippen molar-refractivity contribution in [2.24, 2.45) is 0 Å². The largest absolute Gasteiger partial charge is 0.645 e. The molecule has 0 aromatic heterocycles. The monoisotopic (exact) mass is 1080 g/mol. The molecule has 15 atom stereocenters. The summed E-state index contributed by atoms with van der Waals surface area (Å²) in [5, 5.41) is 0. The normalized spacial score (nSPS) is 40.7. The summed E-state index contributed by atoms with van der Waals surface area (Å²) in [4.78, 5) is 0. The molecule has 4 fully saturated rings. The van der Waals surface area contributed by atoms with Crippen LogP contribution in [0, 0.1) is 0 Å². The fraction of sp³-hybridized carbons (Fsp3) is 1.00. The van der Waals surface area contributed by atoms with Crippen LogP contribution in [-0.2, 0) is 66.2 Å². The van der Waals surface area contributed by atoms with Gasteiger partial charge in [-0.2, -0.15) is 0 Å². The van der Waals surface area contributed by atoms with Crippen molar-refractivity contribution in [1.29, 1.82) is 0 Å². The molecule has 0 N–H and O–H groups in total. The third kappa shape index (κ3) is 14.4. The number of hydrogen-bond donors (Lipinski definition) is 0. The molecule has 0 amide bonds. The second kappa shape index (κ2) is 22.3. The van der Waals surface area contributed by atoms with E-state index in [4.69, 9.17) is 66.2 Å². The molecule has 4 rings (SSSR count). The molecule has 0 spiro atoms. The van der Waals surface area contributed by atoms with Crippen LogP contribution in [0.4, 0.5) is 0 Å². The standard InChI is InChI=1S/C25H76O16Si16/c1-17-42(8)27-46(19-3)29-48(20-4)49-28-44(10)31-56(22-6)39-54(15,30-43(9)18-2)34-50-35-55(16,32-45(50)11)40-57(36-49,41-56)38-51(52(12,13)21-5)37-53(14)25-23-24-47(26-7)33-53/h42-51H,17-25H2,1-16H3. The second-order valence-electron chi connectivity index (χ2n) is 16.6. The van der Waals surface area contributed by atoms with Gasteiger partial charge in [0.05, 0.1) is 0 Å². The van der Waals surface area contributed by atoms with Crippen molar-refractivity contribution in [2.75, 3.05) is 7.11 Å². The first-order chi connectivity index (χ1) is 26.7. The van der Waals surface area contributed by atoms with Crippen LogP contribution in [0.25, 0.3) is 0 Å². The van der Waals surface area contributed by atoms with Crippen LogP contribution in [-0.4, -0.2) is 148 Å². The third-order valence-electron chi connectivity index (χ3n) is 10.9. The molecule has 0 saturated carbocycles. The summed E-state index contributed by atoms with van der Waals surface area (Å²) in [5.74, 6) is 0. The van der Waals surface area contributed by atoms with E-state index in [-0.39, 0.29) is 0 Å². The van der Waals surface area contributed by atoms with Gasteiger partial charge in [0.25, 0.3) is 18.1 Å². The van der Waals surface area contributed by atoms with E-state index in [1.54, 1.807) is 7.11 Å². The minimum Gasteiger partial charge on any atom is -0.441 e. The average molecular weight is 1080 g/mol. The molecular weight excluding hydrogens is 1010 g/mol. The summed E-state index contributed by atoms with van der Waals surface area (Å²) >= 11 is 0. The van der Waals surface area contributed by atoms with Gasteiger partial charge in [-0.25, -0.2) is 0 Å². The molecule has 0 aromatic carbocycles. The van der Waals surface area contributed by atoms with Crippen LogP contribution in [0.3, 0.4) is 0 Å². The van der Waals surface area contributed by atoms with Gasteiger partial charge in [-0.3, -0.25) is 0 Å². The summed E-state index contributed by atoms with van der Waals surface area (Å²) in [5.41, 5.74) is 0. The molecule has 4 bridgehead atoms. The van der Waals surface area contributed by atoms with Gasteiger partial charge in [0, 0.05) is 26.2 Å². The highest BCUT2D eigenvalue weighted by atomic mass is 29.3. The highest BCUT2D eigenvalue weighted by molar-refractivity contribution is 7.30. The van der Waals surface area contributed by atoms with Gasteiger partial charge in [-0.05, 0) is 75.4 Å². The van der Waals surface area contributed by atoms with Gasteiger partial charge in [-0.15, -0.1) is 0 Å². The lowest BCUT2D eigenvalue weighted by Gasteiger charge is -2.49. The smallest absolute Gasteiger partial charge is 0.441 e. The van der Waals surface area contributed by atoms with Gasteiger partial charge in [0.1, 0.15) is 7.59 Å². The van der Waals surface area contributed by atoms with E-state index < -0.39 is 141 Å². The zero-order valence-corrected chi connectivity index (χ0v) is 55.2. The van der Waals surface area contributed by atoms with Crippen molar-refractivity contribution in [2.45, 2.75) is 155 Å². The maximum Gasteiger partial charge on any atom is 0.645 e. The van der Waals surface area contributed by atoms with E-state index in [0.29, 0.717) is 6.04 Å². The maximum atomic E-state index is 7.66. The Labute approximate surface area is 367 Å². The van der Waals surface area contributed by atoms with E-state index in [2.05, 4.69) is 73.9 Å². The minimum atomic E-state index is -4.41. The Balaban J connectivity index is 1.93. The predicted molar refractivity (Wildman–Crippen MR) is 259 cm³/mol. The molecule has 336 valence electrons. The van der Waals surface area contributed by atoms with Crippen molar-refractivity contribution >= 4 is 141 Å². The van der Waals surface area contributed by atoms with Crippen LogP contribution in [0.5, 0.6) is 0 Å². The molecule has 57 heavy (non-hydrogen) atoms. The molecular formula is C25H76O16Si16. The van der Waals surface area contributed by atoms with E-state index >= 15 is 0 Å². The molecule has 4 aliphatic rings. The summed E-state index contributed by atoms with van der Waals surface area (Å²) in [6.07, 6.45) is 1.02. The molecule has 4 aliphatic heterocycles. The van der Waals surface area contributed by atoms with Crippen LogP contribution in [0.15, 0.2) is 0 Å². The van der Waals surface area contributed by atoms with Crippen molar-refractivity contribution in [3.05, 3.63) is 0 Å². The fourth-order valence-electron chi connectivity index (χ4n) is 6.81. The molecule has 0 radical (unpaired) electrons. The molecule has 15 unspecified atom stereocenters. The molecule has 0 aromatic rings. The van der Waals surface area contributed by atoms with Gasteiger partial charge < -0.3 is 66.2 Å². The average Bonchev–Trinajstić information content (AvgIpc) is 3.41. The fourth-order valence-corrected chi connectivity index (χ4v) is 96.7. The van der Waals surface area contributed by atoms with E-state index in [1.165, 1.54) is 0 Å². The Morgan fingerprint density at radius 2 is 1.44 bits per heavy atom. The van der Waals surface area contributed by atoms with E-state index in [9.17, 15) is 0 Å². The Morgan fingerprint density at radius 3 is 2.04 bits per heavy atom. The molecule has 32 heteroatoms. The van der Waals surface area contributed by atoms with Crippen LogP contribution >= 0.6 is 0 Å². The quantitative estimate of drug-likeness (QED) is 0.175. The molecule has 0 aliphatic carbocycles. The van der Waals surface area contributed by atoms with Gasteiger partial charge in [0.15, 0.2) is 18.1 Å². The Kier molecular flexibility index (Phi) is 20.6. The zero-order valence-electron chi connectivity index (χ0n) is 37.7. The van der Waals surface area contributed by atoms with E-state index in [0.717, 1.165) is 48.7 Å². The Hall–Kier alpha value is 2.83. The lowest BCUT2D eigenvalue weighted by atomic mass is 10.6. The summed E-state index contributed by atoms with van der Waals surface area (Å²) in [6.45, 7) is 32.3. The van der Waals surface area contributed by atoms with Crippen LogP contribution in [0.1, 0.15) is 48.0 Å². The third-order valence-corrected chi connectivity index (χ3v) is 83.4.